The highest BCUT2D eigenvalue weighted by atomic mass is 16.1. The average molecular weight is 369 g/mol. The van der Waals surface area contributed by atoms with Crippen LogP contribution in [-0.4, -0.2) is 20.9 Å². The maximum absolute atomic E-state index is 11.6. The fraction of sp³-hybridized carbons (Fsp3) is 0.0909. The van der Waals surface area contributed by atoms with E-state index in [9.17, 15) is 4.79 Å². The summed E-state index contributed by atoms with van der Waals surface area (Å²) in [6, 6.07) is 17.5. The highest BCUT2D eigenvalue weighted by Gasteiger charge is 2.08. The predicted octanol–water partition coefficient (Wildman–Crippen LogP) is 4.78. The molecule has 6 nitrogen and oxygen atoms in total. The Labute approximate surface area is 162 Å². The molecule has 4 aromatic rings. The number of fused-ring (bicyclic) bond motifs is 1. The van der Waals surface area contributed by atoms with Gasteiger partial charge in [0.05, 0.1) is 5.52 Å². The van der Waals surface area contributed by atoms with E-state index in [4.69, 9.17) is 0 Å². The van der Waals surface area contributed by atoms with Gasteiger partial charge in [-0.1, -0.05) is 25.1 Å². The van der Waals surface area contributed by atoms with Gasteiger partial charge in [-0.05, 0) is 42.0 Å². The van der Waals surface area contributed by atoms with Gasteiger partial charge in [0, 0.05) is 41.1 Å². The molecular formula is C22H19N5O. The fourth-order valence-corrected chi connectivity index (χ4v) is 2.93. The van der Waals surface area contributed by atoms with E-state index in [1.54, 1.807) is 6.20 Å². The van der Waals surface area contributed by atoms with Crippen molar-refractivity contribution < 1.29 is 4.79 Å². The first-order valence-corrected chi connectivity index (χ1v) is 9.05. The molecule has 6 heteroatoms. The van der Waals surface area contributed by atoms with Crippen LogP contribution in [0.25, 0.3) is 22.0 Å². The average Bonchev–Trinajstić information content (AvgIpc) is 2.74. The maximum Gasteiger partial charge on any atom is 0.224 e. The Bertz CT molecular complexity index is 1130. The summed E-state index contributed by atoms with van der Waals surface area (Å²) in [5, 5.41) is 7.12. The number of amides is 1. The molecule has 0 fully saturated rings. The van der Waals surface area contributed by atoms with Crippen molar-refractivity contribution >= 4 is 34.0 Å². The Kier molecular flexibility index (Phi) is 4.93. The van der Waals surface area contributed by atoms with E-state index in [0.717, 1.165) is 33.4 Å². The molecule has 2 N–H and O–H groups in total. The summed E-state index contributed by atoms with van der Waals surface area (Å²) in [5.41, 5.74) is 4.50. The first-order valence-electron chi connectivity index (χ1n) is 9.05. The van der Waals surface area contributed by atoms with Crippen LogP contribution in [0.2, 0.25) is 0 Å². The minimum absolute atomic E-state index is 0.0225. The molecular weight excluding hydrogens is 350 g/mol. The number of nitrogens with one attached hydrogen (secondary N) is 2. The smallest absolute Gasteiger partial charge is 0.224 e. The summed E-state index contributed by atoms with van der Waals surface area (Å²) < 4.78 is 0. The standard InChI is InChI=1S/C22H19N5O/c1-2-21(28)26-17-6-3-7-18(12-17)27-22-19-11-15(16-5-4-10-23-13-16)8-9-20(19)24-14-25-22/h3-14H,2H2,1H3,(H,26,28)(H,24,25,27). The van der Waals surface area contributed by atoms with E-state index >= 15 is 0 Å². The molecule has 138 valence electrons. The first kappa shape index (κ1) is 17.6. The molecule has 0 aliphatic carbocycles. The molecule has 1 amide bonds. The zero-order chi connectivity index (χ0) is 19.3. The van der Waals surface area contributed by atoms with Crippen molar-refractivity contribution in [3.05, 3.63) is 73.3 Å². The van der Waals surface area contributed by atoms with Crippen molar-refractivity contribution in [1.29, 1.82) is 0 Å². The summed E-state index contributed by atoms with van der Waals surface area (Å²) in [4.78, 5) is 24.6. The number of carbonyl (C=O) groups excluding carboxylic acids is 1. The van der Waals surface area contributed by atoms with Crippen molar-refractivity contribution in [2.24, 2.45) is 0 Å². The normalized spacial score (nSPS) is 10.6. The molecule has 0 saturated carbocycles. The van der Waals surface area contributed by atoms with Gasteiger partial charge in [0.2, 0.25) is 5.91 Å². The van der Waals surface area contributed by atoms with Crippen molar-refractivity contribution in [3.63, 3.8) is 0 Å². The Hall–Kier alpha value is -3.80. The second kappa shape index (κ2) is 7.84. The largest absolute Gasteiger partial charge is 0.340 e. The Balaban J connectivity index is 1.69. The highest BCUT2D eigenvalue weighted by molar-refractivity contribution is 5.94. The number of anilines is 3. The van der Waals surface area contributed by atoms with Crippen LogP contribution in [0, 0.1) is 0 Å². The second-order valence-electron chi connectivity index (χ2n) is 6.30. The van der Waals surface area contributed by atoms with Gasteiger partial charge in [0.1, 0.15) is 12.1 Å². The lowest BCUT2D eigenvalue weighted by molar-refractivity contribution is -0.115. The molecule has 0 bridgehead atoms. The molecule has 0 saturated heterocycles. The van der Waals surface area contributed by atoms with Gasteiger partial charge in [-0.3, -0.25) is 9.78 Å². The molecule has 28 heavy (non-hydrogen) atoms. The summed E-state index contributed by atoms with van der Waals surface area (Å²) >= 11 is 0. The highest BCUT2D eigenvalue weighted by Crippen LogP contribution is 2.28. The van der Waals surface area contributed by atoms with Gasteiger partial charge in [-0.25, -0.2) is 9.97 Å². The van der Waals surface area contributed by atoms with Gasteiger partial charge in [0.15, 0.2) is 0 Å². The summed E-state index contributed by atoms with van der Waals surface area (Å²) in [7, 11) is 0. The number of nitrogens with zero attached hydrogens (tertiary/aromatic N) is 3. The van der Waals surface area contributed by atoms with Crippen molar-refractivity contribution in [3.8, 4) is 11.1 Å². The molecule has 0 atom stereocenters. The van der Waals surface area contributed by atoms with E-state index < -0.39 is 0 Å². The molecule has 2 heterocycles. The fourth-order valence-electron chi connectivity index (χ4n) is 2.93. The third-order valence-electron chi connectivity index (χ3n) is 4.36. The van der Waals surface area contributed by atoms with E-state index in [1.165, 1.54) is 6.33 Å². The quantitative estimate of drug-likeness (QED) is 0.529. The molecule has 2 aromatic carbocycles. The number of rotatable bonds is 5. The van der Waals surface area contributed by atoms with Crippen LogP contribution in [0.15, 0.2) is 73.3 Å². The Morgan fingerprint density at radius 1 is 0.964 bits per heavy atom. The first-order chi connectivity index (χ1) is 13.7. The van der Waals surface area contributed by atoms with E-state index in [1.807, 2.05) is 61.7 Å². The third-order valence-corrected chi connectivity index (χ3v) is 4.36. The lowest BCUT2D eigenvalue weighted by Crippen LogP contribution is -2.09. The third kappa shape index (κ3) is 3.81. The van der Waals surface area contributed by atoms with Crippen LogP contribution in [0.5, 0.6) is 0 Å². The monoisotopic (exact) mass is 369 g/mol. The van der Waals surface area contributed by atoms with Crippen LogP contribution in [-0.2, 0) is 4.79 Å². The summed E-state index contributed by atoms with van der Waals surface area (Å²) in [5.74, 6) is 0.681. The van der Waals surface area contributed by atoms with Crippen LogP contribution >= 0.6 is 0 Å². The molecule has 0 aliphatic heterocycles. The topological polar surface area (TPSA) is 79.8 Å². The van der Waals surface area contributed by atoms with E-state index in [0.29, 0.717) is 12.2 Å². The van der Waals surface area contributed by atoms with Gasteiger partial charge in [-0.15, -0.1) is 0 Å². The molecule has 0 radical (unpaired) electrons. The number of pyridine rings is 1. The second-order valence-corrected chi connectivity index (χ2v) is 6.30. The minimum atomic E-state index is -0.0225. The number of benzene rings is 2. The maximum atomic E-state index is 11.6. The molecule has 0 spiro atoms. The lowest BCUT2D eigenvalue weighted by atomic mass is 10.1. The van der Waals surface area contributed by atoms with Gasteiger partial charge in [-0.2, -0.15) is 0 Å². The number of aromatic nitrogens is 3. The molecule has 2 aromatic heterocycles. The molecule has 4 rings (SSSR count). The lowest BCUT2D eigenvalue weighted by Gasteiger charge is -2.11. The van der Waals surface area contributed by atoms with Crippen LogP contribution < -0.4 is 10.6 Å². The minimum Gasteiger partial charge on any atom is -0.340 e. The summed E-state index contributed by atoms with van der Waals surface area (Å²) in [6.45, 7) is 1.82. The van der Waals surface area contributed by atoms with E-state index in [-0.39, 0.29) is 5.91 Å². The van der Waals surface area contributed by atoms with Gasteiger partial charge >= 0.3 is 0 Å². The number of carbonyl (C=O) groups is 1. The SMILES string of the molecule is CCC(=O)Nc1cccc(Nc2ncnc3ccc(-c4cccnc4)cc23)c1. The van der Waals surface area contributed by atoms with Crippen molar-refractivity contribution in [2.75, 3.05) is 10.6 Å². The number of hydrogen-bond acceptors (Lipinski definition) is 5. The molecule has 0 unspecified atom stereocenters. The Morgan fingerprint density at radius 2 is 1.86 bits per heavy atom. The van der Waals surface area contributed by atoms with Gasteiger partial charge in [0.25, 0.3) is 0 Å². The Morgan fingerprint density at radius 3 is 2.68 bits per heavy atom. The van der Waals surface area contributed by atoms with E-state index in [2.05, 4.69) is 31.7 Å². The predicted molar refractivity (Wildman–Crippen MR) is 111 cm³/mol. The van der Waals surface area contributed by atoms with Crippen molar-refractivity contribution in [2.45, 2.75) is 13.3 Å². The van der Waals surface area contributed by atoms with Crippen LogP contribution in [0.1, 0.15) is 13.3 Å². The van der Waals surface area contributed by atoms with Gasteiger partial charge < -0.3 is 10.6 Å². The number of hydrogen-bond donors (Lipinski definition) is 2. The van der Waals surface area contributed by atoms with Crippen LogP contribution in [0.4, 0.5) is 17.2 Å². The van der Waals surface area contributed by atoms with Crippen molar-refractivity contribution in [1.82, 2.24) is 15.0 Å². The zero-order valence-electron chi connectivity index (χ0n) is 15.4. The van der Waals surface area contributed by atoms with Crippen LogP contribution in [0.3, 0.4) is 0 Å². The molecule has 0 aliphatic rings. The summed E-state index contributed by atoms with van der Waals surface area (Å²) in [6.07, 6.45) is 5.56. The zero-order valence-corrected chi connectivity index (χ0v) is 15.4.